The number of fused-ring (bicyclic) bond motifs is 1. The Morgan fingerprint density at radius 3 is 2.71 bits per heavy atom. The molecule has 1 aliphatic carbocycles. The number of aryl methyl sites for hydroxylation is 2. The molecule has 1 saturated carbocycles. The van der Waals surface area contributed by atoms with Crippen LogP contribution < -0.4 is 11.1 Å². The molecule has 0 saturated heterocycles. The van der Waals surface area contributed by atoms with Crippen molar-refractivity contribution in [3.63, 3.8) is 0 Å². The second kappa shape index (κ2) is 5.89. The lowest BCUT2D eigenvalue weighted by atomic mass is 9.74. The predicted molar refractivity (Wildman–Crippen MR) is 90.0 cm³/mol. The third kappa shape index (κ3) is 2.77. The summed E-state index contributed by atoms with van der Waals surface area (Å²) in [6.45, 7) is 5.98. The lowest BCUT2D eigenvalue weighted by Crippen LogP contribution is -2.39. The van der Waals surface area contributed by atoms with Gasteiger partial charge < -0.3 is 11.1 Å². The summed E-state index contributed by atoms with van der Waals surface area (Å²) in [7, 11) is 0. The van der Waals surface area contributed by atoms with Crippen LogP contribution in [-0.4, -0.2) is 23.1 Å². The third-order valence-corrected chi connectivity index (χ3v) is 6.06. The highest BCUT2D eigenvalue weighted by molar-refractivity contribution is 7.18. The topological polar surface area (TPSA) is 63.8 Å². The number of nitrogens with two attached hydrogens (primary N) is 1. The second-order valence-corrected chi connectivity index (χ2v) is 7.51. The molecule has 0 aliphatic heterocycles. The quantitative estimate of drug-likeness (QED) is 0.905. The minimum atomic E-state index is 0.245. The molecule has 2 aromatic rings. The van der Waals surface area contributed by atoms with Crippen molar-refractivity contribution in [3.05, 3.63) is 16.8 Å². The summed E-state index contributed by atoms with van der Waals surface area (Å²) >= 11 is 1.74. The molecular formula is C16H24N4S. The van der Waals surface area contributed by atoms with Crippen LogP contribution in [0.25, 0.3) is 10.2 Å². The van der Waals surface area contributed by atoms with Gasteiger partial charge in [-0.25, -0.2) is 9.97 Å². The molecule has 3 rings (SSSR count). The molecule has 1 fully saturated rings. The molecule has 114 valence electrons. The minimum Gasteiger partial charge on any atom is -0.369 e. The largest absolute Gasteiger partial charge is 0.369 e. The first-order valence-corrected chi connectivity index (χ1v) is 8.61. The lowest BCUT2D eigenvalue weighted by Gasteiger charge is -2.36. The van der Waals surface area contributed by atoms with Crippen LogP contribution in [0.4, 0.5) is 5.82 Å². The Balaban J connectivity index is 1.85. The second-order valence-electron chi connectivity index (χ2n) is 6.30. The molecule has 0 radical (unpaired) electrons. The average molecular weight is 304 g/mol. The molecule has 3 N–H and O–H groups in total. The van der Waals surface area contributed by atoms with E-state index in [0.717, 1.165) is 23.7 Å². The molecular weight excluding hydrogens is 280 g/mol. The van der Waals surface area contributed by atoms with Gasteiger partial charge in [0.05, 0.1) is 5.39 Å². The van der Waals surface area contributed by atoms with Crippen LogP contribution in [0.3, 0.4) is 0 Å². The Morgan fingerprint density at radius 2 is 2.00 bits per heavy atom. The molecule has 0 amide bonds. The van der Waals surface area contributed by atoms with Crippen molar-refractivity contribution in [2.75, 3.05) is 18.4 Å². The molecule has 0 aromatic carbocycles. The smallest absolute Gasteiger partial charge is 0.138 e. The number of nitrogens with one attached hydrogen (secondary N) is 1. The summed E-state index contributed by atoms with van der Waals surface area (Å²) in [5, 5.41) is 4.76. The van der Waals surface area contributed by atoms with E-state index in [9.17, 15) is 0 Å². The van der Waals surface area contributed by atoms with Crippen LogP contribution in [0, 0.1) is 19.3 Å². The Morgan fingerprint density at radius 1 is 1.24 bits per heavy atom. The Labute approximate surface area is 130 Å². The van der Waals surface area contributed by atoms with E-state index in [1.165, 1.54) is 47.9 Å². The number of thiophene rings is 1. The fourth-order valence-electron chi connectivity index (χ4n) is 3.34. The van der Waals surface area contributed by atoms with Crippen LogP contribution in [0.15, 0.2) is 6.33 Å². The first kappa shape index (κ1) is 14.7. The van der Waals surface area contributed by atoms with E-state index in [4.69, 9.17) is 5.73 Å². The summed E-state index contributed by atoms with van der Waals surface area (Å²) < 4.78 is 0. The fraction of sp³-hybridized carbons (Fsp3) is 0.625. The van der Waals surface area contributed by atoms with Crippen LogP contribution in [0.1, 0.15) is 42.5 Å². The van der Waals surface area contributed by atoms with E-state index in [1.807, 2.05) is 0 Å². The highest BCUT2D eigenvalue weighted by atomic mass is 32.1. The molecule has 2 aromatic heterocycles. The van der Waals surface area contributed by atoms with Crippen molar-refractivity contribution in [3.8, 4) is 0 Å². The average Bonchev–Trinajstić information content (AvgIpc) is 2.82. The number of anilines is 1. The fourth-order valence-corrected chi connectivity index (χ4v) is 4.34. The summed E-state index contributed by atoms with van der Waals surface area (Å²) in [5.41, 5.74) is 7.62. The Hall–Kier alpha value is -1.20. The maximum absolute atomic E-state index is 6.08. The van der Waals surface area contributed by atoms with Crippen molar-refractivity contribution >= 4 is 27.4 Å². The van der Waals surface area contributed by atoms with E-state index >= 15 is 0 Å². The molecule has 21 heavy (non-hydrogen) atoms. The predicted octanol–water partition coefficient (Wildman–Crippen LogP) is 3.63. The van der Waals surface area contributed by atoms with Gasteiger partial charge in [-0.05, 0) is 44.2 Å². The summed E-state index contributed by atoms with van der Waals surface area (Å²) in [4.78, 5) is 11.3. The molecule has 0 atom stereocenters. The SMILES string of the molecule is Cc1sc2ncnc(NCC3(CN)CCCCC3)c2c1C. The van der Waals surface area contributed by atoms with Crippen LogP contribution in [-0.2, 0) is 0 Å². The highest BCUT2D eigenvalue weighted by Crippen LogP contribution is 2.37. The van der Waals surface area contributed by atoms with Crippen LogP contribution >= 0.6 is 11.3 Å². The summed E-state index contributed by atoms with van der Waals surface area (Å²) in [5.74, 6) is 0.972. The number of hydrogen-bond acceptors (Lipinski definition) is 5. The summed E-state index contributed by atoms with van der Waals surface area (Å²) in [6.07, 6.45) is 8.07. The van der Waals surface area contributed by atoms with Crippen LogP contribution in [0.2, 0.25) is 0 Å². The van der Waals surface area contributed by atoms with Crippen molar-refractivity contribution < 1.29 is 0 Å². The zero-order valence-electron chi connectivity index (χ0n) is 12.9. The lowest BCUT2D eigenvalue weighted by molar-refractivity contribution is 0.215. The number of hydrogen-bond donors (Lipinski definition) is 2. The summed E-state index contributed by atoms with van der Waals surface area (Å²) in [6, 6.07) is 0. The number of nitrogens with zero attached hydrogens (tertiary/aromatic N) is 2. The molecule has 4 nitrogen and oxygen atoms in total. The van der Waals surface area contributed by atoms with Crippen LogP contribution in [0.5, 0.6) is 0 Å². The van der Waals surface area contributed by atoms with Gasteiger partial charge >= 0.3 is 0 Å². The first-order valence-electron chi connectivity index (χ1n) is 7.80. The van der Waals surface area contributed by atoms with Crippen molar-refractivity contribution in [1.82, 2.24) is 9.97 Å². The molecule has 0 unspecified atom stereocenters. The first-order chi connectivity index (χ1) is 10.2. The number of aromatic nitrogens is 2. The van der Waals surface area contributed by atoms with Gasteiger partial charge in [0.2, 0.25) is 0 Å². The normalized spacial score (nSPS) is 18.0. The molecule has 0 bridgehead atoms. The molecule has 2 heterocycles. The van der Waals surface area contributed by atoms with Crippen molar-refractivity contribution in [1.29, 1.82) is 0 Å². The maximum Gasteiger partial charge on any atom is 0.138 e. The molecule has 5 heteroatoms. The van der Waals surface area contributed by atoms with Gasteiger partial charge in [0.15, 0.2) is 0 Å². The monoisotopic (exact) mass is 304 g/mol. The van der Waals surface area contributed by atoms with Gasteiger partial charge in [-0.15, -0.1) is 11.3 Å². The maximum atomic E-state index is 6.08. The zero-order valence-corrected chi connectivity index (χ0v) is 13.7. The van der Waals surface area contributed by atoms with Gasteiger partial charge in [0.25, 0.3) is 0 Å². The third-order valence-electron chi connectivity index (χ3n) is 4.94. The van der Waals surface area contributed by atoms with Gasteiger partial charge in [-0.1, -0.05) is 19.3 Å². The van der Waals surface area contributed by atoms with Gasteiger partial charge in [-0.2, -0.15) is 0 Å². The Bertz CT molecular complexity index is 628. The van der Waals surface area contributed by atoms with Crippen molar-refractivity contribution in [2.24, 2.45) is 11.1 Å². The minimum absolute atomic E-state index is 0.245. The van der Waals surface area contributed by atoms with E-state index < -0.39 is 0 Å². The standard InChI is InChI=1S/C16H24N4S/c1-11-12(2)21-15-13(11)14(19-10-20-15)18-9-16(8-17)6-4-3-5-7-16/h10H,3-9,17H2,1-2H3,(H,18,19,20). The van der Waals surface area contributed by atoms with E-state index in [2.05, 4.69) is 29.1 Å². The number of rotatable bonds is 4. The van der Waals surface area contributed by atoms with Gasteiger partial charge in [-0.3, -0.25) is 0 Å². The van der Waals surface area contributed by atoms with E-state index in [0.29, 0.717) is 0 Å². The Kier molecular flexibility index (Phi) is 4.13. The van der Waals surface area contributed by atoms with Gasteiger partial charge in [0.1, 0.15) is 17.0 Å². The van der Waals surface area contributed by atoms with E-state index in [1.54, 1.807) is 17.7 Å². The molecule has 1 aliphatic rings. The van der Waals surface area contributed by atoms with Gasteiger partial charge in [0, 0.05) is 11.4 Å². The molecule has 0 spiro atoms. The van der Waals surface area contributed by atoms with Crippen molar-refractivity contribution in [2.45, 2.75) is 46.0 Å². The van der Waals surface area contributed by atoms with E-state index in [-0.39, 0.29) is 5.41 Å². The highest BCUT2D eigenvalue weighted by Gasteiger charge is 2.30. The zero-order chi connectivity index (χ0) is 14.9.